The van der Waals surface area contributed by atoms with Gasteiger partial charge in [-0.25, -0.2) is 0 Å². The van der Waals surface area contributed by atoms with Crippen molar-refractivity contribution in [1.82, 2.24) is 4.98 Å². The molecule has 0 saturated carbocycles. The van der Waals surface area contributed by atoms with Gasteiger partial charge in [0.2, 0.25) is 0 Å². The van der Waals surface area contributed by atoms with Gasteiger partial charge >= 0.3 is 6.36 Å². The van der Waals surface area contributed by atoms with Gasteiger partial charge in [-0.1, -0.05) is 19.2 Å². The number of aromatic amines is 1. The van der Waals surface area contributed by atoms with Gasteiger partial charge in [-0.15, -0.1) is 13.2 Å². The lowest BCUT2D eigenvalue weighted by Gasteiger charge is -2.09. The van der Waals surface area contributed by atoms with Gasteiger partial charge in [0.05, 0.1) is 5.69 Å². The Labute approximate surface area is 85.1 Å². The summed E-state index contributed by atoms with van der Waals surface area (Å²) < 4.78 is 40.1. The van der Waals surface area contributed by atoms with Crippen LogP contribution in [0, 0.1) is 6.92 Å². The van der Waals surface area contributed by atoms with Gasteiger partial charge in [0.25, 0.3) is 0 Å². The Balaban J connectivity index is 3.21. The Bertz CT molecular complexity index is 390. The Kier molecular flexibility index (Phi) is 2.93. The first-order valence-electron chi connectivity index (χ1n) is 4.12. The van der Waals surface area contributed by atoms with E-state index in [-0.39, 0.29) is 17.0 Å². The first-order chi connectivity index (χ1) is 6.89. The van der Waals surface area contributed by atoms with E-state index in [1.807, 2.05) is 0 Å². The first kappa shape index (κ1) is 11.4. The molecule has 0 saturated heterocycles. The van der Waals surface area contributed by atoms with Crippen LogP contribution >= 0.6 is 0 Å². The van der Waals surface area contributed by atoms with Gasteiger partial charge in [0, 0.05) is 11.3 Å². The third-order valence-corrected chi connectivity index (χ3v) is 1.82. The molecule has 0 radical (unpaired) electrons. The summed E-state index contributed by atoms with van der Waals surface area (Å²) in [4.78, 5) is 2.72. The number of aromatic nitrogens is 1. The Morgan fingerprint density at radius 3 is 2.27 bits per heavy atom. The molecule has 2 nitrogen and oxygen atoms in total. The molecule has 0 aliphatic heterocycles. The van der Waals surface area contributed by atoms with Crippen LogP contribution in [0.15, 0.2) is 13.2 Å². The van der Waals surface area contributed by atoms with E-state index in [2.05, 4.69) is 22.9 Å². The van der Waals surface area contributed by atoms with Crippen LogP contribution in [0.3, 0.4) is 0 Å². The van der Waals surface area contributed by atoms with Gasteiger partial charge in [0.15, 0.2) is 5.75 Å². The fourth-order valence-electron chi connectivity index (χ4n) is 1.26. The van der Waals surface area contributed by atoms with Crippen molar-refractivity contribution < 1.29 is 17.9 Å². The largest absolute Gasteiger partial charge is 0.573 e. The lowest BCUT2D eigenvalue weighted by Crippen LogP contribution is -2.17. The first-order valence-corrected chi connectivity index (χ1v) is 4.12. The second-order valence-electron chi connectivity index (χ2n) is 2.86. The van der Waals surface area contributed by atoms with E-state index in [0.717, 1.165) is 0 Å². The summed E-state index contributed by atoms with van der Waals surface area (Å²) in [6.45, 7) is 8.39. The summed E-state index contributed by atoms with van der Waals surface area (Å²) >= 11 is 0. The predicted octanol–water partition coefficient (Wildman–Crippen LogP) is 3.51. The zero-order chi connectivity index (χ0) is 11.6. The van der Waals surface area contributed by atoms with Crippen molar-refractivity contribution in [2.24, 2.45) is 0 Å². The van der Waals surface area contributed by atoms with Crippen LogP contribution in [0.4, 0.5) is 13.2 Å². The predicted molar refractivity (Wildman–Crippen MR) is 52.4 cm³/mol. The topological polar surface area (TPSA) is 25.0 Å². The molecule has 0 unspecified atom stereocenters. The molecule has 0 aliphatic rings. The lowest BCUT2D eigenvalue weighted by atomic mass is 10.2. The van der Waals surface area contributed by atoms with Crippen molar-refractivity contribution >= 4 is 12.2 Å². The molecule has 0 aromatic carbocycles. The number of rotatable bonds is 3. The van der Waals surface area contributed by atoms with E-state index in [9.17, 15) is 13.2 Å². The average molecular weight is 217 g/mol. The fourth-order valence-corrected chi connectivity index (χ4v) is 1.26. The molecule has 1 heterocycles. The van der Waals surface area contributed by atoms with Crippen LogP contribution < -0.4 is 4.74 Å². The van der Waals surface area contributed by atoms with Gasteiger partial charge < -0.3 is 9.72 Å². The SMILES string of the molecule is C=Cc1[nH]c(C)c(OC(F)(F)F)c1C=C. The molecule has 15 heavy (non-hydrogen) atoms. The van der Waals surface area contributed by atoms with E-state index in [4.69, 9.17) is 0 Å². The summed E-state index contributed by atoms with van der Waals surface area (Å²) in [7, 11) is 0. The number of hydrogen-bond donors (Lipinski definition) is 1. The molecular formula is C10H10F3NO. The summed E-state index contributed by atoms with van der Waals surface area (Å²) in [6.07, 6.45) is -2.00. The molecule has 1 rings (SSSR count). The van der Waals surface area contributed by atoms with Crippen LogP contribution in [-0.4, -0.2) is 11.3 Å². The van der Waals surface area contributed by atoms with Crippen molar-refractivity contribution in [1.29, 1.82) is 0 Å². The molecule has 5 heteroatoms. The van der Waals surface area contributed by atoms with Crippen molar-refractivity contribution in [2.45, 2.75) is 13.3 Å². The summed E-state index contributed by atoms with van der Waals surface area (Å²) in [6, 6.07) is 0. The second kappa shape index (κ2) is 3.84. The molecule has 0 aliphatic carbocycles. The number of ether oxygens (including phenoxy) is 1. The number of halogens is 3. The summed E-state index contributed by atoms with van der Waals surface area (Å²) in [5.41, 5.74) is 1.01. The number of aryl methyl sites for hydroxylation is 1. The molecule has 0 fully saturated rings. The smallest absolute Gasteiger partial charge is 0.403 e. The minimum absolute atomic E-state index is 0.257. The Morgan fingerprint density at radius 1 is 1.27 bits per heavy atom. The Morgan fingerprint density at radius 2 is 1.87 bits per heavy atom. The van der Waals surface area contributed by atoms with Crippen LogP contribution in [0.5, 0.6) is 5.75 Å². The lowest BCUT2D eigenvalue weighted by molar-refractivity contribution is -0.274. The third-order valence-electron chi connectivity index (χ3n) is 1.82. The standard InChI is InChI=1S/C10H10F3NO/c1-4-7-8(5-2)14-6(3)9(7)15-10(11,12)13/h4-5,14H,1-2H2,3H3. The highest BCUT2D eigenvalue weighted by molar-refractivity contribution is 5.68. The van der Waals surface area contributed by atoms with Crippen molar-refractivity contribution in [2.75, 3.05) is 0 Å². The highest BCUT2D eigenvalue weighted by Crippen LogP contribution is 2.33. The molecule has 0 atom stereocenters. The number of hydrogen-bond acceptors (Lipinski definition) is 1. The van der Waals surface area contributed by atoms with Crippen molar-refractivity contribution in [3.8, 4) is 5.75 Å². The van der Waals surface area contributed by atoms with E-state index in [0.29, 0.717) is 5.69 Å². The normalized spacial score (nSPS) is 11.2. The monoisotopic (exact) mass is 217 g/mol. The average Bonchev–Trinajstić information content (AvgIpc) is 2.40. The molecule has 0 spiro atoms. The number of H-pyrrole nitrogens is 1. The maximum Gasteiger partial charge on any atom is 0.573 e. The molecular weight excluding hydrogens is 207 g/mol. The molecule has 82 valence electrons. The van der Waals surface area contributed by atoms with Gasteiger partial charge in [-0.2, -0.15) is 0 Å². The Hall–Kier alpha value is -1.65. The van der Waals surface area contributed by atoms with E-state index < -0.39 is 6.36 Å². The minimum Gasteiger partial charge on any atom is -0.403 e. The number of nitrogens with one attached hydrogen (secondary N) is 1. The van der Waals surface area contributed by atoms with Gasteiger partial charge in [-0.3, -0.25) is 0 Å². The van der Waals surface area contributed by atoms with Crippen LogP contribution in [0.25, 0.3) is 12.2 Å². The van der Waals surface area contributed by atoms with E-state index in [1.54, 1.807) is 0 Å². The van der Waals surface area contributed by atoms with E-state index >= 15 is 0 Å². The maximum absolute atomic E-state index is 12.1. The highest BCUT2D eigenvalue weighted by Gasteiger charge is 2.33. The highest BCUT2D eigenvalue weighted by atomic mass is 19.4. The molecule has 1 N–H and O–H groups in total. The van der Waals surface area contributed by atoms with Crippen LogP contribution in [-0.2, 0) is 0 Å². The van der Waals surface area contributed by atoms with Crippen molar-refractivity contribution in [3.63, 3.8) is 0 Å². The minimum atomic E-state index is -4.71. The zero-order valence-corrected chi connectivity index (χ0v) is 8.11. The fraction of sp³-hybridized carbons (Fsp3) is 0.200. The summed E-state index contributed by atoms with van der Waals surface area (Å²) in [5.74, 6) is -0.257. The number of alkyl halides is 3. The molecule has 1 aromatic heterocycles. The zero-order valence-electron chi connectivity index (χ0n) is 8.11. The van der Waals surface area contributed by atoms with E-state index in [1.165, 1.54) is 19.1 Å². The maximum atomic E-state index is 12.1. The quantitative estimate of drug-likeness (QED) is 0.823. The van der Waals surface area contributed by atoms with Crippen LogP contribution in [0.1, 0.15) is 17.0 Å². The van der Waals surface area contributed by atoms with Crippen molar-refractivity contribution in [3.05, 3.63) is 30.1 Å². The van der Waals surface area contributed by atoms with Gasteiger partial charge in [0.1, 0.15) is 0 Å². The molecule has 0 amide bonds. The molecule has 0 bridgehead atoms. The third kappa shape index (κ3) is 2.43. The van der Waals surface area contributed by atoms with Crippen LogP contribution in [0.2, 0.25) is 0 Å². The second-order valence-corrected chi connectivity index (χ2v) is 2.86. The molecule has 1 aromatic rings. The summed E-state index contributed by atoms with van der Waals surface area (Å²) in [5, 5.41) is 0. The van der Waals surface area contributed by atoms with Gasteiger partial charge in [-0.05, 0) is 13.0 Å².